The van der Waals surface area contributed by atoms with E-state index in [-0.39, 0.29) is 24.0 Å². The molecule has 158 valence electrons. The summed E-state index contributed by atoms with van der Waals surface area (Å²) in [5.74, 6) is -0.401. The minimum absolute atomic E-state index is 0.0863. The highest BCUT2D eigenvalue weighted by Crippen LogP contribution is 2.14. The molecule has 0 bridgehead atoms. The van der Waals surface area contributed by atoms with Crippen LogP contribution in [0, 0.1) is 0 Å². The van der Waals surface area contributed by atoms with E-state index in [1.165, 1.54) is 31.8 Å². The average Bonchev–Trinajstić information content (AvgIpc) is 3.21. The van der Waals surface area contributed by atoms with Gasteiger partial charge in [-0.15, -0.1) is 0 Å². The summed E-state index contributed by atoms with van der Waals surface area (Å²) >= 11 is 0. The summed E-state index contributed by atoms with van der Waals surface area (Å²) in [6.45, 7) is 3.37. The summed E-state index contributed by atoms with van der Waals surface area (Å²) in [7, 11) is 2.91. The van der Waals surface area contributed by atoms with Crippen LogP contribution in [0.5, 0.6) is 0 Å². The van der Waals surface area contributed by atoms with Gasteiger partial charge in [-0.25, -0.2) is 9.78 Å². The third-order valence-corrected chi connectivity index (χ3v) is 4.61. The van der Waals surface area contributed by atoms with Gasteiger partial charge in [0, 0.05) is 25.8 Å². The molecule has 1 aromatic carbocycles. The van der Waals surface area contributed by atoms with Crippen molar-refractivity contribution in [3.8, 4) is 0 Å². The minimum Gasteiger partial charge on any atom is -0.464 e. The second-order valence-electron chi connectivity index (χ2n) is 6.85. The number of esters is 1. The van der Waals surface area contributed by atoms with Crippen LogP contribution >= 0.6 is 0 Å². The standard InChI is InChI=1S/C22H30N2O5/c1-4-5-6-8-17-9-11-18(12-10-17)21(25)24(13-7-14-27-2)15-20-23-19(16-29-20)22(26)28-3/h9-12,16H,4-8,13-15H2,1-3H3. The number of carbonyl (C=O) groups excluding carboxylic acids is 2. The highest BCUT2D eigenvalue weighted by molar-refractivity contribution is 5.94. The van der Waals surface area contributed by atoms with Crippen molar-refractivity contribution in [2.24, 2.45) is 0 Å². The Morgan fingerprint density at radius 2 is 1.86 bits per heavy atom. The number of rotatable bonds is 12. The van der Waals surface area contributed by atoms with Gasteiger partial charge < -0.3 is 18.8 Å². The topological polar surface area (TPSA) is 81.9 Å². The summed E-state index contributed by atoms with van der Waals surface area (Å²) in [5.41, 5.74) is 1.93. The summed E-state index contributed by atoms with van der Waals surface area (Å²) < 4.78 is 15.1. The van der Waals surface area contributed by atoms with E-state index in [0.717, 1.165) is 12.8 Å². The van der Waals surface area contributed by atoms with Crippen molar-refractivity contribution >= 4 is 11.9 Å². The third-order valence-electron chi connectivity index (χ3n) is 4.61. The molecule has 0 fully saturated rings. The predicted octanol–water partition coefficient (Wildman–Crippen LogP) is 3.87. The summed E-state index contributed by atoms with van der Waals surface area (Å²) in [4.78, 5) is 30.4. The lowest BCUT2D eigenvalue weighted by atomic mass is 10.0. The van der Waals surface area contributed by atoms with Crippen LogP contribution in [0.25, 0.3) is 0 Å². The van der Waals surface area contributed by atoms with E-state index < -0.39 is 5.97 Å². The Morgan fingerprint density at radius 1 is 1.10 bits per heavy atom. The molecule has 0 aliphatic rings. The number of ether oxygens (including phenoxy) is 2. The van der Waals surface area contributed by atoms with Crippen LogP contribution in [0.3, 0.4) is 0 Å². The van der Waals surface area contributed by atoms with E-state index in [1.54, 1.807) is 12.0 Å². The van der Waals surface area contributed by atoms with Crippen LogP contribution in [0.2, 0.25) is 0 Å². The molecule has 2 rings (SSSR count). The number of methoxy groups -OCH3 is 2. The molecule has 2 aromatic rings. The van der Waals surface area contributed by atoms with Crippen molar-refractivity contribution in [2.45, 2.75) is 45.6 Å². The average molecular weight is 402 g/mol. The number of aromatic nitrogens is 1. The molecular weight excluding hydrogens is 372 g/mol. The summed E-state index contributed by atoms with van der Waals surface area (Å²) in [5, 5.41) is 0. The first-order chi connectivity index (χ1) is 14.1. The van der Waals surface area contributed by atoms with Gasteiger partial charge in [-0.2, -0.15) is 0 Å². The van der Waals surface area contributed by atoms with Gasteiger partial charge in [-0.05, 0) is 37.0 Å². The van der Waals surface area contributed by atoms with Gasteiger partial charge in [0.2, 0.25) is 5.89 Å². The van der Waals surface area contributed by atoms with Crippen molar-refractivity contribution in [2.75, 3.05) is 27.4 Å². The fraction of sp³-hybridized carbons (Fsp3) is 0.500. The Morgan fingerprint density at radius 3 is 2.52 bits per heavy atom. The molecule has 0 atom stereocenters. The van der Waals surface area contributed by atoms with Crippen LogP contribution in [0.1, 0.15) is 64.9 Å². The van der Waals surface area contributed by atoms with Gasteiger partial charge in [0.25, 0.3) is 5.91 Å². The van der Waals surface area contributed by atoms with E-state index in [4.69, 9.17) is 9.15 Å². The number of amides is 1. The van der Waals surface area contributed by atoms with Crippen LogP contribution in [0.4, 0.5) is 0 Å². The summed E-state index contributed by atoms with van der Waals surface area (Å²) in [6.07, 6.45) is 6.49. The minimum atomic E-state index is -0.573. The number of hydrogen-bond acceptors (Lipinski definition) is 6. The first kappa shape index (κ1) is 22.6. The van der Waals surface area contributed by atoms with Gasteiger partial charge in [0.05, 0.1) is 13.7 Å². The van der Waals surface area contributed by atoms with Crippen LogP contribution < -0.4 is 0 Å². The SMILES string of the molecule is CCCCCc1ccc(C(=O)N(CCCOC)Cc2nc(C(=O)OC)co2)cc1. The number of carbonyl (C=O) groups is 2. The quantitative estimate of drug-likeness (QED) is 0.396. The van der Waals surface area contributed by atoms with Crippen LogP contribution in [-0.4, -0.2) is 49.1 Å². The first-order valence-corrected chi connectivity index (χ1v) is 9.98. The van der Waals surface area contributed by atoms with E-state index in [9.17, 15) is 9.59 Å². The zero-order chi connectivity index (χ0) is 21.1. The molecule has 0 unspecified atom stereocenters. The number of unbranched alkanes of at least 4 members (excludes halogenated alkanes) is 2. The molecule has 0 N–H and O–H groups in total. The molecule has 0 aliphatic heterocycles. The van der Waals surface area contributed by atoms with Gasteiger partial charge in [-0.1, -0.05) is 31.9 Å². The van der Waals surface area contributed by atoms with Gasteiger partial charge in [0.15, 0.2) is 5.69 Å². The number of aryl methyl sites for hydroxylation is 1. The molecule has 29 heavy (non-hydrogen) atoms. The summed E-state index contributed by atoms with van der Waals surface area (Å²) in [6, 6.07) is 7.75. The second kappa shape index (κ2) is 12.0. The van der Waals surface area contributed by atoms with E-state index in [2.05, 4.69) is 16.6 Å². The smallest absolute Gasteiger partial charge is 0.360 e. The van der Waals surface area contributed by atoms with Crippen molar-refractivity contribution in [3.05, 3.63) is 53.2 Å². The maximum absolute atomic E-state index is 13.0. The van der Waals surface area contributed by atoms with Gasteiger partial charge >= 0.3 is 5.97 Å². The molecule has 1 heterocycles. The first-order valence-electron chi connectivity index (χ1n) is 9.98. The Balaban J connectivity index is 2.08. The number of benzene rings is 1. The van der Waals surface area contributed by atoms with Crippen LogP contribution in [-0.2, 0) is 22.4 Å². The molecular formula is C22H30N2O5. The Hall–Kier alpha value is -2.67. The van der Waals surface area contributed by atoms with E-state index in [1.807, 2.05) is 24.3 Å². The second-order valence-corrected chi connectivity index (χ2v) is 6.85. The highest BCUT2D eigenvalue weighted by atomic mass is 16.5. The van der Waals surface area contributed by atoms with Crippen molar-refractivity contribution in [1.82, 2.24) is 9.88 Å². The van der Waals surface area contributed by atoms with Crippen molar-refractivity contribution in [1.29, 1.82) is 0 Å². The van der Waals surface area contributed by atoms with Crippen molar-refractivity contribution in [3.63, 3.8) is 0 Å². The van der Waals surface area contributed by atoms with Crippen molar-refractivity contribution < 1.29 is 23.5 Å². The molecule has 1 amide bonds. The Bertz CT molecular complexity index is 770. The van der Waals surface area contributed by atoms with E-state index in [0.29, 0.717) is 25.1 Å². The number of oxazole rings is 1. The largest absolute Gasteiger partial charge is 0.464 e. The molecule has 1 aromatic heterocycles. The van der Waals surface area contributed by atoms with Gasteiger partial charge in [-0.3, -0.25) is 4.79 Å². The lowest BCUT2D eigenvalue weighted by Crippen LogP contribution is -2.32. The number of nitrogens with zero attached hydrogens (tertiary/aromatic N) is 2. The molecule has 0 radical (unpaired) electrons. The zero-order valence-corrected chi connectivity index (χ0v) is 17.5. The predicted molar refractivity (Wildman–Crippen MR) is 109 cm³/mol. The monoisotopic (exact) mass is 402 g/mol. The Labute approximate surface area is 172 Å². The fourth-order valence-corrected chi connectivity index (χ4v) is 2.97. The lowest BCUT2D eigenvalue weighted by molar-refractivity contribution is 0.0594. The molecule has 0 saturated heterocycles. The fourth-order valence-electron chi connectivity index (χ4n) is 2.97. The van der Waals surface area contributed by atoms with Crippen LogP contribution in [0.15, 0.2) is 34.9 Å². The Kier molecular flexibility index (Phi) is 9.37. The lowest BCUT2D eigenvalue weighted by Gasteiger charge is -2.21. The zero-order valence-electron chi connectivity index (χ0n) is 17.5. The maximum Gasteiger partial charge on any atom is 0.360 e. The highest BCUT2D eigenvalue weighted by Gasteiger charge is 2.20. The number of hydrogen-bond donors (Lipinski definition) is 0. The molecule has 7 heteroatoms. The molecule has 0 spiro atoms. The van der Waals surface area contributed by atoms with E-state index >= 15 is 0 Å². The molecule has 0 saturated carbocycles. The maximum atomic E-state index is 13.0. The third kappa shape index (κ3) is 7.02. The van der Waals surface area contributed by atoms with Gasteiger partial charge in [0.1, 0.15) is 6.26 Å². The normalized spacial score (nSPS) is 10.7. The molecule has 0 aliphatic carbocycles. The molecule has 7 nitrogen and oxygen atoms in total.